The van der Waals surface area contributed by atoms with Crippen LogP contribution in [0.5, 0.6) is 5.75 Å². The second-order valence-corrected chi connectivity index (χ2v) is 19.7. The average molecular weight is 842 g/mol. The molecule has 0 aromatic heterocycles. The minimum absolute atomic E-state index is 0.0512. The number of carboxylic acid groups (broad SMARTS) is 2. The Labute approximate surface area is 328 Å². The van der Waals surface area contributed by atoms with E-state index in [2.05, 4.69) is 0 Å². The summed E-state index contributed by atoms with van der Waals surface area (Å²) in [5, 5.41) is 20.5. The second-order valence-electron chi connectivity index (χ2n) is 14.1. The highest BCUT2D eigenvalue weighted by Crippen LogP contribution is 2.46. The molecule has 310 valence electrons. The van der Waals surface area contributed by atoms with Gasteiger partial charge in [-0.25, -0.2) is 25.4 Å². The van der Waals surface area contributed by atoms with Gasteiger partial charge in [-0.2, -0.15) is 8.42 Å². The van der Waals surface area contributed by atoms with Crippen molar-refractivity contribution in [1.29, 1.82) is 0 Å². The first-order chi connectivity index (χ1) is 26.1. The fraction of sp³-hybridized carbons (Fsp3) is 0.500. The number of rotatable bonds is 23. The number of sulfonamides is 2. The van der Waals surface area contributed by atoms with Gasteiger partial charge in [0, 0.05) is 98.4 Å². The van der Waals surface area contributed by atoms with Gasteiger partial charge in [-0.15, -0.1) is 0 Å². The van der Waals surface area contributed by atoms with Gasteiger partial charge in [-0.05, 0) is 52.2 Å². The van der Waals surface area contributed by atoms with Crippen LogP contribution in [0.15, 0.2) is 46.2 Å². The molecule has 0 saturated carbocycles. The van der Waals surface area contributed by atoms with Crippen LogP contribution in [0.4, 0.5) is 5.69 Å². The SMILES string of the molecule is CN(CCCN(C)S(=O)(=O)c1cc(S(=O)(=O)N(C)CCCN(C)CCC(=O)O)c2ccc3c(N(C)C)cc(OCCS(=O)(=O)O)c4ccc1c2c43)CCC(=O)O. The van der Waals surface area contributed by atoms with Crippen LogP contribution in [-0.4, -0.2) is 164 Å². The lowest BCUT2D eigenvalue weighted by Gasteiger charge is -2.26. The van der Waals surface area contributed by atoms with E-state index in [9.17, 15) is 39.4 Å². The third kappa shape index (κ3) is 10.5. The van der Waals surface area contributed by atoms with Crippen LogP contribution in [0, 0.1) is 0 Å². The molecule has 4 aromatic rings. The van der Waals surface area contributed by atoms with Crippen LogP contribution >= 0.6 is 0 Å². The Balaban J connectivity index is 1.90. The topological polar surface area (TPSA) is 223 Å². The molecule has 17 nitrogen and oxygen atoms in total. The predicted octanol–water partition coefficient (Wildman–Crippen LogP) is 2.75. The Bertz CT molecular complexity index is 2300. The van der Waals surface area contributed by atoms with Gasteiger partial charge < -0.3 is 29.6 Å². The quantitative estimate of drug-likeness (QED) is 0.0722. The van der Waals surface area contributed by atoms with Crippen molar-refractivity contribution in [2.24, 2.45) is 0 Å². The zero-order chi connectivity index (χ0) is 41.7. The molecule has 0 spiro atoms. The first-order valence-corrected chi connectivity index (χ1v) is 22.3. The second kappa shape index (κ2) is 18.1. The van der Waals surface area contributed by atoms with Gasteiger partial charge in [0.25, 0.3) is 10.1 Å². The van der Waals surface area contributed by atoms with Crippen LogP contribution in [0.1, 0.15) is 25.7 Å². The van der Waals surface area contributed by atoms with E-state index in [0.717, 1.165) is 8.61 Å². The van der Waals surface area contributed by atoms with E-state index in [0.29, 0.717) is 53.2 Å². The average Bonchev–Trinajstić information content (AvgIpc) is 3.11. The van der Waals surface area contributed by atoms with Crippen LogP contribution in [0.3, 0.4) is 0 Å². The summed E-state index contributed by atoms with van der Waals surface area (Å²) in [5.41, 5.74) is 0.625. The van der Waals surface area contributed by atoms with Crippen LogP contribution < -0.4 is 9.64 Å². The van der Waals surface area contributed by atoms with E-state index in [1.807, 2.05) is 0 Å². The highest BCUT2D eigenvalue weighted by Gasteiger charge is 2.32. The number of carbonyl (C=O) groups is 2. The smallest absolute Gasteiger partial charge is 0.304 e. The maximum atomic E-state index is 14.5. The number of anilines is 1. The molecule has 4 rings (SSSR count). The van der Waals surface area contributed by atoms with Gasteiger partial charge >= 0.3 is 11.9 Å². The zero-order valence-electron chi connectivity index (χ0n) is 32.4. The molecule has 0 unspecified atom stereocenters. The molecular formula is C36H51N5O12S3. The van der Waals surface area contributed by atoms with E-state index >= 15 is 0 Å². The fourth-order valence-corrected chi connectivity index (χ4v) is 9.76. The van der Waals surface area contributed by atoms with Crippen LogP contribution in [0.2, 0.25) is 0 Å². The third-order valence-electron chi connectivity index (χ3n) is 9.66. The Morgan fingerprint density at radius 2 is 1.04 bits per heavy atom. The number of carboxylic acids is 2. The van der Waals surface area contributed by atoms with E-state index < -0.39 is 47.9 Å². The van der Waals surface area contributed by atoms with Gasteiger partial charge in [0.05, 0.1) is 22.6 Å². The lowest BCUT2D eigenvalue weighted by atomic mass is 9.92. The highest BCUT2D eigenvalue weighted by atomic mass is 32.2. The number of hydrogen-bond acceptors (Lipinski definition) is 12. The Morgan fingerprint density at radius 1 is 0.607 bits per heavy atom. The monoisotopic (exact) mass is 841 g/mol. The summed E-state index contributed by atoms with van der Waals surface area (Å²) in [6.07, 6.45) is 0.596. The largest absolute Gasteiger partial charge is 0.492 e. The molecule has 20 heteroatoms. The van der Waals surface area contributed by atoms with Gasteiger partial charge in [0.1, 0.15) is 18.1 Å². The first-order valence-electron chi connectivity index (χ1n) is 17.8. The zero-order valence-corrected chi connectivity index (χ0v) is 34.9. The Morgan fingerprint density at radius 3 is 1.46 bits per heavy atom. The van der Waals surface area contributed by atoms with Crippen molar-refractivity contribution < 1.29 is 54.3 Å². The molecule has 0 radical (unpaired) electrons. The van der Waals surface area contributed by atoms with Crippen molar-refractivity contribution in [3.05, 3.63) is 36.4 Å². The molecule has 0 bridgehead atoms. The van der Waals surface area contributed by atoms with E-state index in [-0.39, 0.29) is 71.9 Å². The van der Waals surface area contributed by atoms with Gasteiger partial charge in [0.2, 0.25) is 20.0 Å². The third-order valence-corrected chi connectivity index (χ3v) is 14.1. The molecule has 0 aliphatic heterocycles. The minimum atomic E-state index is -4.36. The van der Waals surface area contributed by atoms with Crippen molar-refractivity contribution in [3.8, 4) is 5.75 Å². The van der Waals surface area contributed by atoms with Crippen molar-refractivity contribution >= 4 is 80.1 Å². The molecule has 0 saturated heterocycles. The van der Waals surface area contributed by atoms with Crippen molar-refractivity contribution in [1.82, 2.24) is 18.4 Å². The van der Waals surface area contributed by atoms with Gasteiger partial charge in [-0.3, -0.25) is 14.1 Å². The Kier molecular flexibility index (Phi) is 14.5. The Hall–Kier alpha value is -3.89. The molecule has 0 fully saturated rings. The van der Waals surface area contributed by atoms with Gasteiger partial charge in [0.15, 0.2) is 0 Å². The number of nitrogens with zero attached hydrogens (tertiary/aromatic N) is 5. The standard InChI is InChI=1S/C36H51N5O12S3/c1-37(2)29-23-30(53-21-22-54(46,47)48)26-10-12-28-32(56(51,52)41(6)18-8-16-39(4)20-14-34(44)45)24-31(27-11-9-25(29)35(26)36(27)28)55(49,50)40(5)17-7-15-38(3)19-13-33(42)43/h9-12,23-24H,7-8,13-22H2,1-6H3,(H,42,43)(H,44,45)(H,46,47,48). The molecule has 0 amide bonds. The summed E-state index contributed by atoms with van der Waals surface area (Å²) in [6, 6.07) is 9.49. The summed E-state index contributed by atoms with van der Waals surface area (Å²) in [5.74, 6) is -2.33. The maximum Gasteiger partial charge on any atom is 0.304 e. The highest BCUT2D eigenvalue weighted by molar-refractivity contribution is 7.90. The molecule has 0 aliphatic rings. The summed E-state index contributed by atoms with van der Waals surface area (Å²) >= 11 is 0. The van der Waals surface area contributed by atoms with Crippen molar-refractivity contribution in [2.75, 3.05) is 98.8 Å². The first kappa shape index (κ1) is 44.8. The molecule has 0 aliphatic carbocycles. The lowest BCUT2D eigenvalue weighted by molar-refractivity contribution is -0.138. The normalized spacial score (nSPS) is 13.0. The predicted molar refractivity (Wildman–Crippen MR) is 215 cm³/mol. The fourth-order valence-electron chi connectivity index (χ4n) is 6.55. The van der Waals surface area contributed by atoms with E-state index in [4.69, 9.17) is 14.9 Å². The van der Waals surface area contributed by atoms with Gasteiger partial charge in [-0.1, -0.05) is 18.2 Å². The molecule has 56 heavy (non-hydrogen) atoms. The summed E-state index contributed by atoms with van der Waals surface area (Å²) < 4.78 is 98.6. The molecule has 4 aromatic carbocycles. The molecule has 3 N–H and O–H groups in total. The van der Waals surface area contributed by atoms with Crippen molar-refractivity contribution in [2.45, 2.75) is 35.5 Å². The molecular weight excluding hydrogens is 791 g/mol. The maximum absolute atomic E-state index is 14.5. The van der Waals surface area contributed by atoms with Crippen LogP contribution in [0.25, 0.3) is 32.3 Å². The number of benzene rings is 4. The number of hydrogen-bond donors (Lipinski definition) is 3. The minimum Gasteiger partial charge on any atom is -0.492 e. The van der Waals surface area contributed by atoms with E-state index in [1.54, 1.807) is 73.2 Å². The molecule has 0 heterocycles. The van der Waals surface area contributed by atoms with Crippen LogP contribution in [-0.2, 0) is 39.8 Å². The van der Waals surface area contributed by atoms with E-state index in [1.165, 1.54) is 20.2 Å². The summed E-state index contributed by atoms with van der Waals surface area (Å²) in [7, 11) is -3.23. The number of aliphatic carboxylic acids is 2. The molecule has 0 atom stereocenters. The lowest BCUT2D eigenvalue weighted by Crippen LogP contribution is -2.32. The summed E-state index contributed by atoms with van der Waals surface area (Å²) in [4.78, 5) is 26.9. The number of ether oxygens (including phenoxy) is 1. The van der Waals surface area contributed by atoms with Crippen molar-refractivity contribution in [3.63, 3.8) is 0 Å². The summed E-state index contributed by atoms with van der Waals surface area (Å²) in [6.45, 7) is 1.10.